The number of hydrogen-bond donors (Lipinski definition) is 2. The van der Waals surface area contributed by atoms with E-state index in [0.29, 0.717) is 43.6 Å². The van der Waals surface area contributed by atoms with Crippen LogP contribution in [0.4, 0.5) is 0 Å². The Morgan fingerprint density at radius 1 is 1.28 bits per heavy atom. The Labute approximate surface area is 186 Å². The molecule has 2 amide bonds. The summed E-state index contributed by atoms with van der Waals surface area (Å²) in [6.07, 6.45) is 11.1. The third-order valence-corrected chi connectivity index (χ3v) is 5.82. The quantitative estimate of drug-likeness (QED) is 0.563. The Kier molecular flexibility index (Phi) is 7.21. The van der Waals surface area contributed by atoms with Gasteiger partial charge in [-0.15, -0.1) is 10.2 Å². The molecule has 170 valence electrons. The van der Waals surface area contributed by atoms with E-state index < -0.39 is 0 Å². The van der Waals surface area contributed by atoms with Crippen LogP contribution in [0.1, 0.15) is 43.3 Å². The van der Waals surface area contributed by atoms with E-state index in [-0.39, 0.29) is 17.7 Å². The minimum atomic E-state index is -0.357. The number of nitrogens with zero attached hydrogens (tertiary/aromatic N) is 5. The number of likely N-dealkylation sites (N-methyl/N-ethyl adjacent to an activating group) is 1. The largest absolute Gasteiger partial charge is 0.368 e. The SMILES string of the molecule is CN1CCCC(c2noc(CCC(=O)NCCCNC3=C4C=CC=CC4C(=O)N=N3)n2)C1. The minimum absolute atomic E-state index is 0.0486. The van der Waals surface area contributed by atoms with Crippen LogP contribution in [0.25, 0.3) is 0 Å². The van der Waals surface area contributed by atoms with Crippen molar-refractivity contribution in [3.8, 4) is 0 Å². The van der Waals surface area contributed by atoms with Gasteiger partial charge in [0.1, 0.15) is 0 Å². The number of azo groups is 1. The average molecular weight is 440 g/mol. The summed E-state index contributed by atoms with van der Waals surface area (Å²) in [6.45, 7) is 3.19. The molecule has 1 aromatic heterocycles. The zero-order valence-electron chi connectivity index (χ0n) is 18.3. The van der Waals surface area contributed by atoms with Crippen molar-refractivity contribution in [2.45, 2.75) is 38.0 Å². The lowest BCUT2D eigenvalue weighted by molar-refractivity contribution is -0.121. The van der Waals surface area contributed by atoms with E-state index in [1.807, 2.05) is 24.3 Å². The molecule has 32 heavy (non-hydrogen) atoms. The number of aryl methyl sites for hydroxylation is 1. The number of nitrogens with one attached hydrogen (secondary N) is 2. The number of piperidine rings is 1. The molecule has 0 spiro atoms. The van der Waals surface area contributed by atoms with Crippen LogP contribution in [0.2, 0.25) is 0 Å². The monoisotopic (exact) mass is 439 g/mol. The molecule has 2 N–H and O–H groups in total. The van der Waals surface area contributed by atoms with E-state index in [4.69, 9.17) is 4.52 Å². The normalized spacial score (nSPS) is 22.8. The summed E-state index contributed by atoms with van der Waals surface area (Å²) in [4.78, 5) is 30.7. The third-order valence-electron chi connectivity index (χ3n) is 5.82. The molecule has 0 bridgehead atoms. The average Bonchev–Trinajstić information content (AvgIpc) is 3.28. The molecule has 0 saturated carbocycles. The fourth-order valence-corrected chi connectivity index (χ4v) is 4.08. The van der Waals surface area contributed by atoms with Crippen molar-refractivity contribution in [1.29, 1.82) is 0 Å². The van der Waals surface area contributed by atoms with Crippen molar-refractivity contribution >= 4 is 11.8 Å². The number of carbonyl (C=O) groups excluding carboxylic acids is 2. The fraction of sp³-hybridized carbons (Fsp3) is 0.545. The number of carbonyl (C=O) groups is 2. The van der Waals surface area contributed by atoms with Gasteiger partial charge in [0.2, 0.25) is 11.8 Å². The maximum atomic E-state index is 12.1. The van der Waals surface area contributed by atoms with E-state index in [9.17, 15) is 9.59 Å². The molecule has 0 radical (unpaired) electrons. The summed E-state index contributed by atoms with van der Waals surface area (Å²) < 4.78 is 5.34. The van der Waals surface area contributed by atoms with Gasteiger partial charge in [0.15, 0.2) is 11.6 Å². The second kappa shape index (κ2) is 10.4. The Balaban J connectivity index is 1.14. The summed E-state index contributed by atoms with van der Waals surface area (Å²) in [7, 11) is 2.10. The molecule has 0 aromatic carbocycles. The molecule has 2 atom stereocenters. The molecule has 3 aliphatic rings. The Hall–Kier alpha value is -3.14. The fourth-order valence-electron chi connectivity index (χ4n) is 4.08. The number of rotatable bonds is 9. The summed E-state index contributed by atoms with van der Waals surface area (Å²) >= 11 is 0. The zero-order chi connectivity index (χ0) is 22.3. The predicted octanol–water partition coefficient (Wildman–Crippen LogP) is 1.85. The van der Waals surface area contributed by atoms with Crippen LogP contribution in [0, 0.1) is 5.92 Å². The molecule has 1 aliphatic carbocycles. The second-order valence-corrected chi connectivity index (χ2v) is 8.34. The third kappa shape index (κ3) is 5.56. The van der Waals surface area contributed by atoms with Gasteiger partial charge in [0.05, 0.1) is 5.92 Å². The number of amides is 2. The first-order valence-electron chi connectivity index (χ1n) is 11.2. The van der Waals surface area contributed by atoms with Gasteiger partial charge in [0.25, 0.3) is 5.91 Å². The lowest BCUT2D eigenvalue weighted by atomic mass is 9.93. The van der Waals surface area contributed by atoms with Gasteiger partial charge in [-0.1, -0.05) is 29.5 Å². The Morgan fingerprint density at radius 2 is 2.19 bits per heavy atom. The highest BCUT2D eigenvalue weighted by atomic mass is 16.5. The summed E-state index contributed by atoms with van der Waals surface area (Å²) in [5.74, 6) is 1.52. The van der Waals surface area contributed by atoms with Crippen molar-refractivity contribution in [2.24, 2.45) is 16.1 Å². The first-order valence-corrected chi connectivity index (χ1v) is 11.2. The number of allylic oxidation sites excluding steroid dienone is 3. The van der Waals surface area contributed by atoms with Gasteiger partial charge < -0.3 is 20.1 Å². The molecule has 2 aliphatic heterocycles. The second-order valence-electron chi connectivity index (χ2n) is 8.34. The maximum Gasteiger partial charge on any atom is 0.276 e. The molecular weight excluding hydrogens is 410 g/mol. The van der Waals surface area contributed by atoms with E-state index in [1.165, 1.54) is 0 Å². The van der Waals surface area contributed by atoms with Gasteiger partial charge >= 0.3 is 0 Å². The van der Waals surface area contributed by atoms with Crippen molar-refractivity contribution in [3.63, 3.8) is 0 Å². The van der Waals surface area contributed by atoms with Crippen molar-refractivity contribution < 1.29 is 14.1 Å². The van der Waals surface area contributed by atoms with E-state index in [2.05, 4.69) is 43.0 Å². The van der Waals surface area contributed by atoms with Crippen LogP contribution in [0.5, 0.6) is 0 Å². The first-order chi connectivity index (χ1) is 15.6. The number of aromatic nitrogens is 2. The molecule has 1 fully saturated rings. The molecule has 3 heterocycles. The highest BCUT2D eigenvalue weighted by Crippen LogP contribution is 2.27. The van der Waals surface area contributed by atoms with Crippen molar-refractivity contribution in [1.82, 2.24) is 25.7 Å². The lowest BCUT2D eigenvalue weighted by Gasteiger charge is -2.27. The molecular formula is C22H29N7O3. The number of likely N-dealkylation sites (tertiary alicyclic amines) is 1. The summed E-state index contributed by atoms with van der Waals surface area (Å²) in [5.41, 5.74) is 0.829. The molecule has 2 unspecified atom stereocenters. The molecule has 4 rings (SSSR count). The highest BCUT2D eigenvalue weighted by molar-refractivity contribution is 5.86. The minimum Gasteiger partial charge on any atom is -0.368 e. The first kappa shape index (κ1) is 22.1. The topological polar surface area (TPSA) is 125 Å². The van der Waals surface area contributed by atoms with Gasteiger partial charge in [-0.05, 0) is 32.9 Å². The number of hydrogen-bond acceptors (Lipinski definition) is 8. The maximum absolute atomic E-state index is 12.1. The van der Waals surface area contributed by atoms with Crippen LogP contribution in [0.15, 0.2) is 50.4 Å². The van der Waals surface area contributed by atoms with E-state index in [0.717, 1.165) is 43.7 Å². The molecule has 10 heteroatoms. The number of fused-ring (bicyclic) bond motifs is 1. The lowest BCUT2D eigenvalue weighted by Crippen LogP contribution is -2.31. The predicted molar refractivity (Wildman–Crippen MR) is 116 cm³/mol. The smallest absolute Gasteiger partial charge is 0.276 e. The van der Waals surface area contributed by atoms with Crippen molar-refractivity contribution in [2.75, 3.05) is 33.2 Å². The van der Waals surface area contributed by atoms with Gasteiger partial charge in [-0.2, -0.15) is 4.98 Å². The molecule has 10 nitrogen and oxygen atoms in total. The van der Waals surface area contributed by atoms with Crippen LogP contribution in [-0.2, 0) is 16.0 Å². The Bertz CT molecular complexity index is 962. The Morgan fingerprint density at radius 3 is 3.06 bits per heavy atom. The van der Waals surface area contributed by atoms with Crippen LogP contribution in [0.3, 0.4) is 0 Å². The van der Waals surface area contributed by atoms with Gasteiger partial charge in [-0.3, -0.25) is 9.59 Å². The van der Waals surface area contributed by atoms with Crippen LogP contribution in [-0.4, -0.2) is 60.1 Å². The molecule has 1 saturated heterocycles. The van der Waals surface area contributed by atoms with E-state index >= 15 is 0 Å². The van der Waals surface area contributed by atoms with Gasteiger partial charge in [0, 0.05) is 44.0 Å². The molecule has 1 aromatic rings. The zero-order valence-corrected chi connectivity index (χ0v) is 18.3. The van der Waals surface area contributed by atoms with Crippen LogP contribution < -0.4 is 10.6 Å². The highest BCUT2D eigenvalue weighted by Gasteiger charge is 2.27. The van der Waals surface area contributed by atoms with Crippen LogP contribution >= 0.6 is 0 Å². The van der Waals surface area contributed by atoms with Gasteiger partial charge in [-0.25, -0.2) is 0 Å². The van der Waals surface area contributed by atoms with E-state index in [1.54, 1.807) is 0 Å². The van der Waals surface area contributed by atoms with Crippen molar-refractivity contribution in [3.05, 3.63) is 47.4 Å². The summed E-state index contributed by atoms with van der Waals surface area (Å²) in [5, 5.41) is 17.9. The summed E-state index contributed by atoms with van der Waals surface area (Å²) in [6, 6.07) is 0. The standard InChI is InChI=1S/C22H29N7O3/c1-29-13-4-6-15(14-29)20-25-19(32-28-20)10-9-18(30)23-11-5-12-24-21-16-7-2-3-8-17(16)22(31)27-26-21/h2-3,7-8,15,17,24H,4-6,9-14H2,1H3,(H,23,30).